The summed E-state index contributed by atoms with van der Waals surface area (Å²) in [7, 11) is 0. The van der Waals surface area contributed by atoms with E-state index in [0.29, 0.717) is 19.1 Å². The van der Waals surface area contributed by atoms with E-state index in [-0.39, 0.29) is 5.91 Å². The molecule has 1 aliphatic rings. The quantitative estimate of drug-likeness (QED) is 0.766. The van der Waals surface area contributed by atoms with Crippen LogP contribution in [0.2, 0.25) is 0 Å². The maximum atomic E-state index is 12.3. The summed E-state index contributed by atoms with van der Waals surface area (Å²) < 4.78 is 5.61. The average molecular weight is 340 g/mol. The van der Waals surface area contributed by atoms with Gasteiger partial charge in [0.25, 0.3) is 0 Å². The van der Waals surface area contributed by atoms with Gasteiger partial charge in [0.2, 0.25) is 5.91 Å². The van der Waals surface area contributed by atoms with E-state index in [0.717, 1.165) is 30.5 Å². The maximum absolute atomic E-state index is 12.3. The van der Waals surface area contributed by atoms with Gasteiger partial charge in [-0.05, 0) is 25.0 Å². The number of hydrogen-bond donors (Lipinski definition) is 0. The Hall–Kier alpha value is -1.03. The van der Waals surface area contributed by atoms with E-state index >= 15 is 0 Å². The van der Waals surface area contributed by atoms with Crippen LogP contribution in [0.25, 0.3) is 0 Å². The number of amides is 1. The van der Waals surface area contributed by atoms with E-state index in [1.54, 1.807) is 0 Å². The number of halogens is 1. The third kappa shape index (κ3) is 4.51. The minimum absolute atomic E-state index is 0.215. The molecule has 1 unspecified atom stereocenters. The molecule has 2 rings (SSSR count). The fraction of sp³-hybridized carbons (Fsp3) is 0.562. The molecule has 0 bridgehead atoms. The van der Waals surface area contributed by atoms with Crippen molar-refractivity contribution in [1.82, 2.24) is 4.90 Å². The molecule has 0 spiro atoms. The highest BCUT2D eigenvalue weighted by Gasteiger charge is 2.24. The Balaban J connectivity index is 1.80. The van der Waals surface area contributed by atoms with Gasteiger partial charge in [0, 0.05) is 17.9 Å². The Morgan fingerprint density at radius 2 is 2.05 bits per heavy atom. The van der Waals surface area contributed by atoms with Gasteiger partial charge < -0.3 is 9.64 Å². The van der Waals surface area contributed by atoms with Gasteiger partial charge in [0.15, 0.2) is 0 Å². The maximum Gasteiger partial charge on any atom is 0.226 e. The highest BCUT2D eigenvalue weighted by atomic mass is 79.9. The molecular formula is C16H22BrNO2. The predicted molar refractivity (Wildman–Crippen MR) is 84.3 cm³/mol. The molecule has 1 fully saturated rings. The number of ether oxygens (including phenoxy) is 1. The van der Waals surface area contributed by atoms with Gasteiger partial charge in [0.1, 0.15) is 5.75 Å². The van der Waals surface area contributed by atoms with Gasteiger partial charge in [-0.1, -0.05) is 47.0 Å². The normalized spacial score (nSPS) is 19.4. The molecule has 110 valence electrons. The Morgan fingerprint density at radius 1 is 1.25 bits per heavy atom. The molecule has 1 saturated heterocycles. The van der Waals surface area contributed by atoms with E-state index < -0.39 is 0 Å². The fourth-order valence-electron chi connectivity index (χ4n) is 2.58. The number of alkyl halides is 1. The molecule has 1 amide bonds. The molecule has 1 heterocycles. The van der Waals surface area contributed by atoms with Crippen molar-refractivity contribution in [3.63, 3.8) is 0 Å². The number of nitrogens with zero attached hydrogens (tertiary/aromatic N) is 1. The van der Waals surface area contributed by atoms with Gasteiger partial charge in [-0.25, -0.2) is 0 Å². The molecule has 1 aromatic carbocycles. The van der Waals surface area contributed by atoms with Crippen LogP contribution in [0.5, 0.6) is 5.75 Å². The first-order valence-corrected chi connectivity index (χ1v) is 8.46. The lowest BCUT2D eigenvalue weighted by Gasteiger charge is -2.28. The standard InChI is InChI=1S/C16H22BrNO2/c17-13-14-7-3-2-6-11-18(14)16(19)10-12-20-15-8-4-1-5-9-15/h1,4-5,8-9,14H,2-3,6-7,10-13H2. The van der Waals surface area contributed by atoms with E-state index in [1.165, 1.54) is 12.8 Å². The number of likely N-dealkylation sites (tertiary alicyclic amines) is 1. The summed E-state index contributed by atoms with van der Waals surface area (Å²) >= 11 is 3.53. The van der Waals surface area contributed by atoms with Crippen LogP contribution in [0.3, 0.4) is 0 Å². The largest absolute Gasteiger partial charge is 0.493 e. The number of rotatable bonds is 5. The summed E-state index contributed by atoms with van der Waals surface area (Å²) in [5, 5.41) is 0.873. The van der Waals surface area contributed by atoms with Crippen LogP contribution < -0.4 is 4.74 Å². The Bertz CT molecular complexity index is 410. The topological polar surface area (TPSA) is 29.5 Å². The molecule has 4 heteroatoms. The summed E-state index contributed by atoms with van der Waals surface area (Å²) in [5.74, 6) is 1.04. The second kappa shape index (κ2) is 8.30. The second-order valence-corrected chi connectivity index (χ2v) is 5.80. The number of benzene rings is 1. The van der Waals surface area contributed by atoms with Crippen molar-refractivity contribution in [2.45, 2.75) is 38.1 Å². The van der Waals surface area contributed by atoms with Crippen LogP contribution in [0, 0.1) is 0 Å². The lowest BCUT2D eigenvalue weighted by Crippen LogP contribution is -2.41. The Kier molecular flexibility index (Phi) is 6.37. The molecule has 1 aliphatic heterocycles. The van der Waals surface area contributed by atoms with Gasteiger partial charge in [-0.2, -0.15) is 0 Å². The third-order valence-electron chi connectivity index (χ3n) is 3.70. The Labute approximate surface area is 129 Å². The molecule has 1 aromatic rings. The molecule has 0 aliphatic carbocycles. The van der Waals surface area contributed by atoms with E-state index in [1.807, 2.05) is 35.2 Å². The number of hydrogen-bond acceptors (Lipinski definition) is 2. The molecule has 0 radical (unpaired) electrons. The molecular weight excluding hydrogens is 318 g/mol. The van der Waals surface area contributed by atoms with E-state index in [2.05, 4.69) is 15.9 Å². The van der Waals surface area contributed by atoms with Crippen LogP contribution in [0.4, 0.5) is 0 Å². The van der Waals surface area contributed by atoms with Crippen LogP contribution in [-0.2, 0) is 4.79 Å². The number of carbonyl (C=O) groups excluding carboxylic acids is 1. The summed E-state index contributed by atoms with van der Waals surface area (Å²) in [6.07, 6.45) is 5.14. The number of carbonyl (C=O) groups is 1. The average Bonchev–Trinajstić information content (AvgIpc) is 2.73. The first kappa shape index (κ1) is 15.4. The zero-order valence-electron chi connectivity index (χ0n) is 11.8. The summed E-state index contributed by atoms with van der Waals surface area (Å²) in [6.45, 7) is 1.34. The fourth-order valence-corrected chi connectivity index (χ4v) is 3.26. The molecule has 3 nitrogen and oxygen atoms in total. The molecule has 1 atom stereocenters. The molecule has 0 aromatic heterocycles. The second-order valence-electron chi connectivity index (χ2n) is 5.16. The van der Waals surface area contributed by atoms with Crippen LogP contribution in [0.1, 0.15) is 32.1 Å². The van der Waals surface area contributed by atoms with Gasteiger partial charge >= 0.3 is 0 Å². The molecule has 0 N–H and O–H groups in total. The van der Waals surface area contributed by atoms with Crippen LogP contribution in [0.15, 0.2) is 30.3 Å². The first-order valence-electron chi connectivity index (χ1n) is 7.34. The van der Waals surface area contributed by atoms with Crippen molar-refractivity contribution in [3.8, 4) is 5.75 Å². The zero-order valence-corrected chi connectivity index (χ0v) is 13.3. The smallest absolute Gasteiger partial charge is 0.226 e. The minimum Gasteiger partial charge on any atom is -0.493 e. The summed E-state index contributed by atoms with van der Waals surface area (Å²) in [6, 6.07) is 10.0. The highest BCUT2D eigenvalue weighted by molar-refractivity contribution is 9.09. The molecule has 20 heavy (non-hydrogen) atoms. The predicted octanol–water partition coefficient (Wildman–Crippen LogP) is 3.62. The summed E-state index contributed by atoms with van der Waals surface area (Å²) in [4.78, 5) is 14.4. The minimum atomic E-state index is 0.215. The van der Waals surface area contributed by atoms with Gasteiger partial charge in [-0.15, -0.1) is 0 Å². The monoisotopic (exact) mass is 339 g/mol. The lowest BCUT2D eigenvalue weighted by molar-refractivity contribution is -0.133. The van der Waals surface area contributed by atoms with E-state index in [9.17, 15) is 4.79 Å². The van der Waals surface area contributed by atoms with E-state index in [4.69, 9.17) is 4.74 Å². The van der Waals surface area contributed by atoms with Crippen molar-refractivity contribution in [3.05, 3.63) is 30.3 Å². The zero-order chi connectivity index (χ0) is 14.2. The first-order chi connectivity index (χ1) is 9.81. The number of para-hydroxylation sites is 1. The SMILES string of the molecule is O=C(CCOc1ccccc1)N1CCCCCC1CBr. The van der Waals surface area contributed by atoms with Gasteiger partial charge in [-0.3, -0.25) is 4.79 Å². The summed E-state index contributed by atoms with van der Waals surface area (Å²) in [5.41, 5.74) is 0. The van der Waals surface area contributed by atoms with Crippen molar-refractivity contribution in [2.75, 3.05) is 18.5 Å². The van der Waals surface area contributed by atoms with Crippen LogP contribution >= 0.6 is 15.9 Å². The molecule has 0 saturated carbocycles. The van der Waals surface area contributed by atoms with Crippen molar-refractivity contribution >= 4 is 21.8 Å². The Morgan fingerprint density at radius 3 is 2.80 bits per heavy atom. The third-order valence-corrected chi connectivity index (χ3v) is 4.45. The van der Waals surface area contributed by atoms with Gasteiger partial charge in [0.05, 0.1) is 13.0 Å². The van der Waals surface area contributed by atoms with Crippen molar-refractivity contribution in [1.29, 1.82) is 0 Å². The van der Waals surface area contributed by atoms with Crippen molar-refractivity contribution in [2.24, 2.45) is 0 Å². The van der Waals surface area contributed by atoms with Crippen molar-refractivity contribution < 1.29 is 9.53 Å². The lowest BCUT2D eigenvalue weighted by atomic mass is 10.1. The van der Waals surface area contributed by atoms with Crippen LogP contribution in [-0.4, -0.2) is 35.3 Å². The highest BCUT2D eigenvalue weighted by Crippen LogP contribution is 2.19.